The number of aromatic nitrogens is 3. The first-order chi connectivity index (χ1) is 18.0. The number of carboxylic acids is 1. The van der Waals surface area contributed by atoms with Crippen LogP contribution in [-0.2, 0) is 29.0 Å². The Kier molecular flexibility index (Phi) is 11.9. The molecule has 3 N–H and O–H groups in total. The van der Waals surface area contributed by atoms with Gasteiger partial charge in [-0.1, -0.05) is 32.8 Å². The predicted octanol–water partition coefficient (Wildman–Crippen LogP) is 3.75. The van der Waals surface area contributed by atoms with Gasteiger partial charge in [0.15, 0.2) is 0 Å². The van der Waals surface area contributed by atoms with Gasteiger partial charge in [-0.3, -0.25) is 9.48 Å². The van der Waals surface area contributed by atoms with Gasteiger partial charge in [0.1, 0.15) is 11.9 Å². The van der Waals surface area contributed by atoms with Gasteiger partial charge in [0.05, 0.1) is 6.54 Å². The van der Waals surface area contributed by atoms with Crippen LogP contribution in [0.2, 0.25) is 0 Å². The number of hydrogen-bond donors (Lipinski definition) is 3. The highest BCUT2D eigenvalue weighted by Gasteiger charge is 2.22. The lowest BCUT2D eigenvalue weighted by Gasteiger charge is -2.25. The van der Waals surface area contributed by atoms with Crippen LogP contribution in [0, 0.1) is 5.92 Å². The number of aliphatic carboxylic acids is 1. The van der Waals surface area contributed by atoms with Crippen LogP contribution >= 0.6 is 0 Å². The zero-order chi connectivity index (χ0) is 26.5. The fraction of sp³-hybridized carbons (Fsp3) is 0.643. The minimum absolute atomic E-state index is 0.170. The molecule has 3 heterocycles. The fourth-order valence-electron chi connectivity index (χ4n) is 4.82. The second-order valence-corrected chi connectivity index (χ2v) is 10.0. The van der Waals surface area contributed by atoms with Crippen LogP contribution in [0.15, 0.2) is 30.6 Å². The molecular formula is C28H44N6O3. The number of pyridine rings is 1. The van der Waals surface area contributed by atoms with E-state index in [0.29, 0.717) is 25.3 Å². The molecule has 0 fully saturated rings. The van der Waals surface area contributed by atoms with E-state index >= 15 is 0 Å². The number of anilines is 1. The number of nitrogens with one attached hydrogen (secondary N) is 2. The number of amides is 1. The molecule has 0 saturated carbocycles. The lowest BCUT2D eigenvalue weighted by Crippen LogP contribution is -2.44. The Bertz CT molecular complexity index is 961. The Morgan fingerprint density at radius 2 is 2.03 bits per heavy atom. The minimum atomic E-state index is -0.975. The van der Waals surface area contributed by atoms with Crippen molar-refractivity contribution in [3.63, 3.8) is 0 Å². The average Bonchev–Trinajstić information content (AvgIpc) is 3.43. The SMILES string of the molecule is CCC(CC)CC(=O)NC(CCN(CCCCc1ccc2c(n1)NCCC2)CCn1cccn1)C(=O)O. The maximum Gasteiger partial charge on any atom is 0.326 e. The Morgan fingerprint density at radius 1 is 1.19 bits per heavy atom. The molecular weight excluding hydrogens is 468 g/mol. The number of carbonyl (C=O) groups is 2. The molecule has 204 valence electrons. The van der Waals surface area contributed by atoms with Crippen molar-refractivity contribution in [2.75, 3.05) is 31.5 Å². The number of unbranched alkanes of at least 4 members (excludes halogenated alkanes) is 1. The molecule has 1 amide bonds. The van der Waals surface area contributed by atoms with Gasteiger partial charge in [0, 0.05) is 44.1 Å². The van der Waals surface area contributed by atoms with Crippen LogP contribution in [0.25, 0.3) is 0 Å². The van der Waals surface area contributed by atoms with E-state index in [9.17, 15) is 14.7 Å². The van der Waals surface area contributed by atoms with Crippen molar-refractivity contribution < 1.29 is 14.7 Å². The molecule has 9 nitrogen and oxygen atoms in total. The van der Waals surface area contributed by atoms with Gasteiger partial charge in [0.25, 0.3) is 0 Å². The van der Waals surface area contributed by atoms with Gasteiger partial charge in [-0.25, -0.2) is 9.78 Å². The predicted molar refractivity (Wildman–Crippen MR) is 146 cm³/mol. The van der Waals surface area contributed by atoms with E-state index in [-0.39, 0.29) is 5.91 Å². The summed E-state index contributed by atoms with van der Waals surface area (Å²) in [5, 5.41) is 20.2. The molecule has 0 aromatic carbocycles. The van der Waals surface area contributed by atoms with Crippen LogP contribution in [0.5, 0.6) is 0 Å². The third kappa shape index (κ3) is 9.80. The zero-order valence-corrected chi connectivity index (χ0v) is 22.5. The first kappa shape index (κ1) is 28.6. The Morgan fingerprint density at radius 3 is 2.76 bits per heavy atom. The Hall–Kier alpha value is -2.94. The maximum atomic E-state index is 12.4. The van der Waals surface area contributed by atoms with E-state index in [4.69, 9.17) is 4.98 Å². The van der Waals surface area contributed by atoms with Crippen LogP contribution in [-0.4, -0.2) is 68.9 Å². The van der Waals surface area contributed by atoms with E-state index in [1.54, 1.807) is 6.20 Å². The van der Waals surface area contributed by atoms with Gasteiger partial charge in [-0.15, -0.1) is 0 Å². The van der Waals surface area contributed by atoms with E-state index in [2.05, 4.69) is 46.6 Å². The highest BCUT2D eigenvalue weighted by molar-refractivity contribution is 5.83. The standard InChI is InChI=1S/C28H44N6O3/c1-3-22(4-2)21-26(35)32-25(28(36)37)13-18-33(19-20-34-17-8-15-30-34)16-6-5-10-24-12-11-23-9-7-14-29-27(23)31-24/h8,11-12,15,17,22,25H,3-7,9-10,13-14,16,18-21H2,1-2H3,(H,29,31)(H,32,35)(H,36,37). The van der Waals surface area contributed by atoms with Gasteiger partial charge < -0.3 is 20.6 Å². The molecule has 1 aliphatic heterocycles. The summed E-state index contributed by atoms with van der Waals surface area (Å²) >= 11 is 0. The molecule has 2 aromatic heterocycles. The first-order valence-corrected chi connectivity index (χ1v) is 13.9. The van der Waals surface area contributed by atoms with Gasteiger partial charge >= 0.3 is 5.97 Å². The Labute approximate surface area is 221 Å². The van der Waals surface area contributed by atoms with Crippen molar-refractivity contribution in [3.8, 4) is 0 Å². The second-order valence-electron chi connectivity index (χ2n) is 10.0. The molecule has 0 bridgehead atoms. The average molecular weight is 513 g/mol. The molecule has 0 saturated heterocycles. The van der Waals surface area contributed by atoms with Crippen LogP contribution in [0.4, 0.5) is 5.82 Å². The number of nitrogens with zero attached hydrogens (tertiary/aromatic N) is 4. The summed E-state index contributed by atoms with van der Waals surface area (Å²) in [7, 11) is 0. The van der Waals surface area contributed by atoms with Crippen molar-refractivity contribution in [3.05, 3.63) is 41.9 Å². The molecule has 0 spiro atoms. The second kappa shape index (κ2) is 15.3. The fourth-order valence-corrected chi connectivity index (χ4v) is 4.82. The summed E-state index contributed by atoms with van der Waals surface area (Å²) in [6, 6.07) is 5.37. The molecule has 0 radical (unpaired) electrons. The van der Waals surface area contributed by atoms with Gasteiger partial charge in [0.2, 0.25) is 5.91 Å². The van der Waals surface area contributed by atoms with Crippen molar-refractivity contribution >= 4 is 17.7 Å². The third-order valence-corrected chi connectivity index (χ3v) is 7.31. The number of carbonyl (C=O) groups excluding carboxylic acids is 1. The summed E-state index contributed by atoms with van der Waals surface area (Å²) in [6.45, 7) is 8.09. The number of hydrogen-bond acceptors (Lipinski definition) is 6. The van der Waals surface area contributed by atoms with Crippen LogP contribution in [0.1, 0.15) is 70.1 Å². The van der Waals surface area contributed by atoms with Crippen LogP contribution in [0.3, 0.4) is 0 Å². The summed E-state index contributed by atoms with van der Waals surface area (Å²) in [6.07, 6.45) is 11.5. The van der Waals surface area contributed by atoms with E-state index in [1.807, 2.05) is 16.9 Å². The van der Waals surface area contributed by atoms with Crippen LogP contribution < -0.4 is 10.6 Å². The smallest absolute Gasteiger partial charge is 0.326 e. The molecule has 3 rings (SSSR count). The zero-order valence-electron chi connectivity index (χ0n) is 22.5. The monoisotopic (exact) mass is 512 g/mol. The molecule has 1 atom stereocenters. The van der Waals surface area contributed by atoms with Crippen molar-refractivity contribution in [2.24, 2.45) is 5.92 Å². The summed E-state index contributed by atoms with van der Waals surface area (Å²) < 4.78 is 1.89. The van der Waals surface area contributed by atoms with Gasteiger partial charge in [-0.2, -0.15) is 5.10 Å². The summed E-state index contributed by atoms with van der Waals surface area (Å²) in [4.78, 5) is 31.4. The lowest BCUT2D eigenvalue weighted by molar-refractivity contribution is -0.142. The van der Waals surface area contributed by atoms with E-state index in [0.717, 1.165) is 82.6 Å². The molecule has 2 aromatic rings. The highest BCUT2D eigenvalue weighted by Crippen LogP contribution is 2.20. The van der Waals surface area contributed by atoms with E-state index in [1.165, 1.54) is 5.56 Å². The largest absolute Gasteiger partial charge is 0.480 e. The van der Waals surface area contributed by atoms with E-state index < -0.39 is 12.0 Å². The summed E-state index contributed by atoms with van der Waals surface area (Å²) in [5.74, 6) is 0.184. The first-order valence-electron chi connectivity index (χ1n) is 13.9. The quantitative estimate of drug-likeness (QED) is 0.277. The number of aryl methyl sites for hydroxylation is 2. The minimum Gasteiger partial charge on any atom is -0.480 e. The molecule has 9 heteroatoms. The molecule has 1 unspecified atom stereocenters. The van der Waals surface area contributed by atoms with Crippen molar-refractivity contribution in [2.45, 2.75) is 84.2 Å². The third-order valence-electron chi connectivity index (χ3n) is 7.31. The maximum absolute atomic E-state index is 12.4. The lowest BCUT2D eigenvalue weighted by atomic mass is 9.99. The highest BCUT2D eigenvalue weighted by atomic mass is 16.4. The number of rotatable bonds is 17. The normalized spacial score (nSPS) is 13.8. The number of carboxylic acid groups (broad SMARTS) is 1. The molecule has 1 aliphatic rings. The van der Waals surface area contributed by atoms with Crippen molar-refractivity contribution in [1.82, 2.24) is 25.0 Å². The van der Waals surface area contributed by atoms with Gasteiger partial charge in [-0.05, 0) is 68.7 Å². The van der Waals surface area contributed by atoms with Crippen molar-refractivity contribution in [1.29, 1.82) is 0 Å². The number of fused-ring (bicyclic) bond motifs is 1. The molecule has 37 heavy (non-hydrogen) atoms. The summed E-state index contributed by atoms with van der Waals surface area (Å²) in [5.41, 5.74) is 2.42. The topological polar surface area (TPSA) is 112 Å². The Balaban J connectivity index is 1.49. The molecule has 0 aliphatic carbocycles.